The summed E-state index contributed by atoms with van der Waals surface area (Å²) in [6.45, 7) is 2.49. The highest BCUT2D eigenvalue weighted by atomic mass is 79.9. The fourth-order valence-electron chi connectivity index (χ4n) is 2.22. The first kappa shape index (κ1) is 16.2. The summed E-state index contributed by atoms with van der Waals surface area (Å²) in [4.78, 5) is 25.0. The van der Waals surface area contributed by atoms with E-state index in [0.29, 0.717) is 12.3 Å². The molecule has 1 atom stereocenters. The molecule has 1 aromatic carbocycles. The number of hydrogen-bond acceptors (Lipinski definition) is 3. The van der Waals surface area contributed by atoms with E-state index >= 15 is 0 Å². The highest BCUT2D eigenvalue weighted by Crippen LogP contribution is 2.25. The number of nitrogens with zero attached hydrogens (tertiary/aromatic N) is 1. The number of halogens is 1. The number of thioether (sulfide) groups is 1. The maximum absolute atomic E-state index is 12.4. The summed E-state index contributed by atoms with van der Waals surface area (Å²) in [5, 5.41) is 11.8. The maximum atomic E-state index is 12.4. The molecule has 1 aromatic rings. The van der Waals surface area contributed by atoms with Crippen LogP contribution in [0, 0.1) is 6.92 Å². The van der Waals surface area contributed by atoms with Gasteiger partial charge in [-0.3, -0.25) is 4.79 Å². The first-order valence-electron chi connectivity index (χ1n) is 6.61. The van der Waals surface area contributed by atoms with Gasteiger partial charge in [0, 0.05) is 28.2 Å². The number of anilines is 1. The fourth-order valence-corrected chi connectivity index (χ4v) is 3.65. The Labute approximate surface area is 136 Å². The summed E-state index contributed by atoms with van der Waals surface area (Å²) < 4.78 is 0.927. The van der Waals surface area contributed by atoms with Crippen LogP contribution >= 0.6 is 27.7 Å². The number of carboxylic acids is 1. The Bertz CT molecular complexity index is 553. The third-order valence-electron chi connectivity index (χ3n) is 3.41. The first-order valence-corrected chi connectivity index (χ1v) is 8.56. The summed E-state index contributed by atoms with van der Waals surface area (Å²) >= 11 is 5.12. The van der Waals surface area contributed by atoms with E-state index < -0.39 is 5.97 Å². The van der Waals surface area contributed by atoms with Crippen molar-refractivity contribution in [2.45, 2.75) is 19.4 Å². The molecule has 1 unspecified atom stereocenters. The zero-order valence-corrected chi connectivity index (χ0v) is 14.0. The van der Waals surface area contributed by atoms with E-state index in [1.165, 1.54) is 0 Å². The summed E-state index contributed by atoms with van der Waals surface area (Å²) in [7, 11) is 0. The molecule has 2 rings (SSSR count). The summed E-state index contributed by atoms with van der Waals surface area (Å²) in [6, 6.07) is 5.11. The molecule has 21 heavy (non-hydrogen) atoms. The summed E-state index contributed by atoms with van der Waals surface area (Å²) in [5.74, 6) is 0.622. The van der Waals surface area contributed by atoms with Gasteiger partial charge in [-0.05, 0) is 24.6 Å². The molecule has 0 aromatic heterocycles. The number of rotatable bonds is 3. The van der Waals surface area contributed by atoms with Crippen LogP contribution in [0.3, 0.4) is 0 Å². The second-order valence-corrected chi connectivity index (χ2v) is 6.87. The van der Waals surface area contributed by atoms with E-state index in [1.54, 1.807) is 16.7 Å². The molecule has 114 valence electrons. The van der Waals surface area contributed by atoms with Gasteiger partial charge in [-0.15, -0.1) is 0 Å². The monoisotopic (exact) mass is 372 g/mol. The minimum absolute atomic E-state index is 0.0160. The highest BCUT2D eigenvalue weighted by molar-refractivity contribution is 9.10. The zero-order valence-electron chi connectivity index (χ0n) is 11.6. The Morgan fingerprint density at radius 1 is 1.52 bits per heavy atom. The van der Waals surface area contributed by atoms with Gasteiger partial charge in [0.1, 0.15) is 0 Å². The maximum Gasteiger partial charge on any atom is 0.322 e. The van der Waals surface area contributed by atoms with Crippen LogP contribution in [0.25, 0.3) is 0 Å². The molecular weight excluding hydrogens is 356 g/mol. The third-order valence-corrected chi connectivity index (χ3v) is 5.36. The van der Waals surface area contributed by atoms with Gasteiger partial charge in [0.15, 0.2) is 0 Å². The molecule has 0 saturated carbocycles. The molecule has 2 amide bonds. The van der Waals surface area contributed by atoms with E-state index in [0.717, 1.165) is 21.5 Å². The van der Waals surface area contributed by atoms with Crippen molar-refractivity contribution < 1.29 is 14.7 Å². The number of carbonyl (C=O) groups is 2. The number of nitrogens with one attached hydrogen (secondary N) is 1. The molecule has 1 fully saturated rings. The van der Waals surface area contributed by atoms with E-state index in [9.17, 15) is 9.59 Å². The second kappa shape index (κ2) is 7.17. The molecule has 1 aliphatic heterocycles. The molecular formula is C14H17BrN2O3S. The number of benzene rings is 1. The number of urea groups is 1. The van der Waals surface area contributed by atoms with E-state index in [1.807, 2.05) is 25.1 Å². The molecule has 2 N–H and O–H groups in total. The predicted molar refractivity (Wildman–Crippen MR) is 88.0 cm³/mol. The molecule has 1 saturated heterocycles. The molecule has 0 bridgehead atoms. The van der Waals surface area contributed by atoms with Crippen LogP contribution in [0.5, 0.6) is 0 Å². The Hall–Kier alpha value is -1.21. The first-order chi connectivity index (χ1) is 9.99. The standard InChI is InChI=1S/C14H17BrN2O3S/c1-9-11(15)3-2-4-12(9)16-14(20)17-5-6-21-8-10(17)7-13(18)19/h2-4,10H,5-8H2,1H3,(H,16,20)(H,18,19). The van der Waals surface area contributed by atoms with Gasteiger partial charge in [0.25, 0.3) is 0 Å². The van der Waals surface area contributed by atoms with Gasteiger partial charge in [-0.2, -0.15) is 11.8 Å². The van der Waals surface area contributed by atoms with Crippen molar-refractivity contribution >= 4 is 45.4 Å². The Morgan fingerprint density at radius 2 is 2.29 bits per heavy atom. The predicted octanol–water partition coefficient (Wildman–Crippen LogP) is 3.18. The van der Waals surface area contributed by atoms with Crippen LogP contribution in [0.15, 0.2) is 22.7 Å². The minimum atomic E-state index is -0.876. The van der Waals surface area contributed by atoms with Gasteiger partial charge in [-0.1, -0.05) is 22.0 Å². The molecule has 1 aliphatic rings. The highest BCUT2D eigenvalue weighted by Gasteiger charge is 2.29. The van der Waals surface area contributed by atoms with Crippen molar-refractivity contribution in [1.29, 1.82) is 0 Å². The van der Waals surface area contributed by atoms with E-state index in [4.69, 9.17) is 5.11 Å². The molecule has 0 radical (unpaired) electrons. The average Bonchev–Trinajstić information content (AvgIpc) is 2.44. The number of amides is 2. The lowest BCUT2D eigenvalue weighted by atomic mass is 10.2. The van der Waals surface area contributed by atoms with Crippen molar-refractivity contribution in [2.24, 2.45) is 0 Å². The minimum Gasteiger partial charge on any atom is -0.481 e. The van der Waals surface area contributed by atoms with Crippen LogP contribution in [-0.2, 0) is 4.79 Å². The van der Waals surface area contributed by atoms with E-state index in [-0.39, 0.29) is 18.5 Å². The van der Waals surface area contributed by atoms with Crippen LogP contribution < -0.4 is 5.32 Å². The number of carboxylic acid groups (broad SMARTS) is 1. The second-order valence-electron chi connectivity index (χ2n) is 4.86. The number of aliphatic carboxylic acids is 1. The summed E-state index contributed by atoms with van der Waals surface area (Å²) in [6.07, 6.45) is -0.0160. The lowest BCUT2D eigenvalue weighted by molar-refractivity contribution is -0.137. The lowest BCUT2D eigenvalue weighted by Gasteiger charge is -2.34. The van der Waals surface area contributed by atoms with Crippen molar-refractivity contribution in [3.05, 3.63) is 28.2 Å². The van der Waals surface area contributed by atoms with Gasteiger partial charge in [-0.25, -0.2) is 4.79 Å². The summed E-state index contributed by atoms with van der Waals surface area (Å²) in [5.41, 5.74) is 1.69. The average molecular weight is 373 g/mol. The quantitative estimate of drug-likeness (QED) is 0.854. The van der Waals surface area contributed by atoms with Crippen molar-refractivity contribution in [1.82, 2.24) is 4.90 Å². The van der Waals surface area contributed by atoms with Crippen molar-refractivity contribution in [3.8, 4) is 0 Å². The molecule has 5 nitrogen and oxygen atoms in total. The Kier molecular flexibility index (Phi) is 5.52. The largest absolute Gasteiger partial charge is 0.481 e. The van der Waals surface area contributed by atoms with Crippen molar-refractivity contribution in [2.75, 3.05) is 23.4 Å². The van der Waals surface area contributed by atoms with Crippen LogP contribution in [0.4, 0.5) is 10.5 Å². The topological polar surface area (TPSA) is 69.6 Å². The molecule has 0 aliphatic carbocycles. The smallest absolute Gasteiger partial charge is 0.322 e. The Balaban J connectivity index is 2.10. The molecule has 0 spiro atoms. The number of carbonyl (C=O) groups excluding carboxylic acids is 1. The molecule has 7 heteroatoms. The van der Waals surface area contributed by atoms with Crippen molar-refractivity contribution in [3.63, 3.8) is 0 Å². The van der Waals surface area contributed by atoms with Gasteiger partial charge >= 0.3 is 12.0 Å². The zero-order chi connectivity index (χ0) is 15.4. The van der Waals surface area contributed by atoms with E-state index in [2.05, 4.69) is 21.2 Å². The van der Waals surface area contributed by atoms with Crippen LogP contribution in [-0.4, -0.2) is 46.1 Å². The van der Waals surface area contributed by atoms with Gasteiger partial charge in [0.2, 0.25) is 0 Å². The molecule has 1 heterocycles. The lowest BCUT2D eigenvalue weighted by Crippen LogP contribution is -2.49. The third kappa shape index (κ3) is 4.14. The number of hydrogen-bond donors (Lipinski definition) is 2. The van der Waals surface area contributed by atoms with Gasteiger partial charge < -0.3 is 15.3 Å². The normalized spacial score (nSPS) is 18.4. The Morgan fingerprint density at radius 3 is 3.00 bits per heavy atom. The van der Waals surface area contributed by atoms with Crippen LogP contribution in [0.2, 0.25) is 0 Å². The van der Waals surface area contributed by atoms with Crippen LogP contribution in [0.1, 0.15) is 12.0 Å². The SMILES string of the molecule is Cc1c(Br)cccc1NC(=O)N1CCSCC1CC(=O)O. The fraction of sp³-hybridized carbons (Fsp3) is 0.429. The van der Waals surface area contributed by atoms with Gasteiger partial charge in [0.05, 0.1) is 12.5 Å².